The van der Waals surface area contributed by atoms with Crippen LogP contribution in [0.25, 0.3) is 0 Å². The smallest absolute Gasteiger partial charge is 0.305 e. The third-order valence-corrected chi connectivity index (χ3v) is 3.42. The Morgan fingerprint density at radius 2 is 1.71 bits per heavy atom. The molecule has 0 aliphatic heterocycles. The second-order valence-electron chi connectivity index (χ2n) is 2.83. The Balaban J connectivity index is 4.72. The Bertz CT molecular complexity index is 231. The van der Waals surface area contributed by atoms with Crippen LogP contribution in [0.15, 0.2) is 5.10 Å². The maximum absolute atomic E-state index is 12.0. The van der Waals surface area contributed by atoms with Crippen molar-refractivity contribution in [1.29, 1.82) is 0 Å². The van der Waals surface area contributed by atoms with Gasteiger partial charge >= 0.3 is 7.60 Å². The molecule has 0 N–H and O–H groups in total. The zero-order chi connectivity index (χ0) is 11.2. The predicted molar refractivity (Wildman–Crippen MR) is 57.7 cm³/mol. The second-order valence-corrected chi connectivity index (χ2v) is 4.99. The molecule has 0 rings (SSSR count). The second kappa shape index (κ2) is 6.17. The minimum Gasteiger partial charge on any atom is -0.305 e. The Morgan fingerprint density at radius 3 is 2.00 bits per heavy atom. The maximum atomic E-state index is 12.0. The quantitative estimate of drug-likeness (QED) is 0.392. The zero-order valence-electron chi connectivity index (χ0n) is 9.48. The average molecular weight is 222 g/mol. The molecule has 0 aromatic heterocycles. The highest BCUT2D eigenvalue weighted by molar-refractivity contribution is 7.72. The summed E-state index contributed by atoms with van der Waals surface area (Å²) in [6, 6.07) is 0. The highest BCUT2D eigenvalue weighted by Gasteiger charge is 2.28. The van der Waals surface area contributed by atoms with Crippen LogP contribution >= 0.6 is 7.60 Å². The van der Waals surface area contributed by atoms with Gasteiger partial charge in [0.2, 0.25) is 0 Å². The van der Waals surface area contributed by atoms with Gasteiger partial charge in [0.15, 0.2) is 0 Å². The minimum absolute atomic E-state index is 0.345. The van der Waals surface area contributed by atoms with E-state index in [4.69, 9.17) is 9.05 Å². The first-order valence-corrected chi connectivity index (χ1v) is 6.12. The van der Waals surface area contributed by atoms with Crippen LogP contribution in [0.5, 0.6) is 0 Å². The molecule has 0 spiro atoms. The van der Waals surface area contributed by atoms with Crippen molar-refractivity contribution in [3.8, 4) is 0 Å². The molecule has 0 saturated carbocycles. The van der Waals surface area contributed by atoms with E-state index >= 15 is 0 Å². The van der Waals surface area contributed by atoms with Crippen LogP contribution in [-0.4, -0.2) is 37.8 Å². The van der Waals surface area contributed by atoms with Gasteiger partial charge in [0, 0.05) is 14.1 Å². The summed E-state index contributed by atoms with van der Waals surface area (Å²) in [7, 11) is 0.355. The van der Waals surface area contributed by atoms with Crippen LogP contribution in [0, 0.1) is 0 Å². The Morgan fingerprint density at radius 1 is 1.29 bits per heavy atom. The van der Waals surface area contributed by atoms with Gasteiger partial charge in [-0.25, -0.2) is 0 Å². The summed E-state index contributed by atoms with van der Waals surface area (Å²) in [5, 5.41) is 5.59. The van der Waals surface area contributed by atoms with Crippen LogP contribution in [0.4, 0.5) is 0 Å². The van der Waals surface area contributed by atoms with Crippen LogP contribution in [0.2, 0.25) is 0 Å². The van der Waals surface area contributed by atoms with Crippen molar-refractivity contribution in [3.63, 3.8) is 0 Å². The fraction of sp³-hybridized carbons (Fsp3) is 0.875. The normalized spacial score (nSPS) is 13.1. The van der Waals surface area contributed by atoms with Crippen molar-refractivity contribution < 1.29 is 13.6 Å². The molecule has 6 heteroatoms. The highest BCUT2D eigenvalue weighted by Crippen LogP contribution is 2.49. The standard InChI is InChI=1S/C8H19N2O3P/c1-6-12-14(11,13-7-2)8(3)9-10(4)5/h6-7H2,1-5H3. The molecule has 0 radical (unpaired) electrons. The molecule has 0 aliphatic carbocycles. The summed E-state index contributed by atoms with van der Waals surface area (Å²) in [6.07, 6.45) is 0. The van der Waals surface area contributed by atoms with Gasteiger partial charge in [-0.05, 0) is 20.8 Å². The van der Waals surface area contributed by atoms with Gasteiger partial charge in [-0.1, -0.05) is 0 Å². The molecule has 0 saturated heterocycles. The lowest BCUT2D eigenvalue weighted by atomic mass is 10.9. The van der Waals surface area contributed by atoms with Crippen molar-refractivity contribution in [1.82, 2.24) is 5.01 Å². The van der Waals surface area contributed by atoms with E-state index in [2.05, 4.69) is 5.10 Å². The predicted octanol–water partition coefficient (Wildman–Crippen LogP) is 2.15. The Hall–Kier alpha value is -0.380. The van der Waals surface area contributed by atoms with Gasteiger partial charge < -0.3 is 14.1 Å². The van der Waals surface area contributed by atoms with E-state index in [0.29, 0.717) is 18.7 Å². The van der Waals surface area contributed by atoms with E-state index in [1.165, 1.54) is 0 Å². The van der Waals surface area contributed by atoms with Crippen LogP contribution in [0.3, 0.4) is 0 Å². The number of rotatable bonds is 6. The molecule has 0 atom stereocenters. The van der Waals surface area contributed by atoms with E-state index in [0.717, 1.165) is 0 Å². The monoisotopic (exact) mass is 222 g/mol. The van der Waals surface area contributed by atoms with Gasteiger partial charge in [-0.2, -0.15) is 5.10 Å². The number of hydrogen-bond donors (Lipinski definition) is 0. The summed E-state index contributed by atoms with van der Waals surface area (Å²) in [5.41, 5.74) is 0.381. The highest BCUT2D eigenvalue weighted by atomic mass is 31.2. The summed E-state index contributed by atoms with van der Waals surface area (Å²) in [4.78, 5) is 0. The lowest BCUT2D eigenvalue weighted by Crippen LogP contribution is -2.10. The van der Waals surface area contributed by atoms with E-state index < -0.39 is 7.60 Å². The summed E-state index contributed by atoms with van der Waals surface area (Å²) < 4.78 is 22.3. The number of hydrazone groups is 1. The minimum atomic E-state index is -3.16. The summed E-state index contributed by atoms with van der Waals surface area (Å²) in [6.45, 7) is 5.88. The lowest BCUT2D eigenvalue weighted by molar-refractivity contribution is 0.231. The molecule has 0 amide bonds. The molecule has 0 aromatic carbocycles. The topological polar surface area (TPSA) is 51.1 Å². The van der Waals surface area contributed by atoms with Gasteiger partial charge in [-0.3, -0.25) is 4.57 Å². The van der Waals surface area contributed by atoms with Crippen molar-refractivity contribution in [2.24, 2.45) is 5.10 Å². The first kappa shape index (κ1) is 13.6. The molecule has 0 aliphatic rings. The molecule has 84 valence electrons. The van der Waals surface area contributed by atoms with E-state index in [-0.39, 0.29) is 0 Å². The molecule has 0 heterocycles. The van der Waals surface area contributed by atoms with Crippen molar-refractivity contribution in [3.05, 3.63) is 0 Å². The average Bonchev–Trinajstić information content (AvgIpc) is 2.03. The number of hydrogen-bond acceptors (Lipinski definition) is 5. The largest absolute Gasteiger partial charge is 0.376 e. The van der Waals surface area contributed by atoms with Gasteiger partial charge in [0.1, 0.15) is 5.45 Å². The first-order valence-electron chi connectivity index (χ1n) is 4.58. The fourth-order valence-corrected chi connectivity index (χ4v) is 2.32. The Kier molecular flexibility index (Phi) is 6.00. The third kappa shape index (κ3) is 4.22. The van der Waals surface area contributed by atoms with E-state index in [1.807, 2.05) is 0 Å². The number of nitrogens with zero attached hydrogens (tertiary/aromatic N) is 2. The molecule has 14 heavy (non-hydrogen) atoms. The molecular formula is C8H19N2O3P. The maximum Gasteiger partial charge on any atom is 0.376 e. The molecule has 5 nitrogen and oxygen atoms in total. The van der Waals surface area contributed by atoms with Crippen LogP contribution in [-0.2, 0) is 13.6 Å². The molecule has 0 unspecified atom stereocenters. The molecule has 0 fully saturated rings. The van der Waals surface area contributed by atoms with Crippen LogP contribution in [0.1, 0.15) is 20.8 Å². The molecule has 0 bridgehead atoms. The fourth-order valence-electron chi connectivity index (χ4n) is 0.908. The molecular weight excluding hydrogens is 203 g/mol. The molecule has 0 aromatic rings. The SMILES string of the molecule is CCOP(=O)(OCC)C(C)=NN(C)C. The van der Waals surface area contributed by atoms with Crippen molar-refractivity contribution in [2.45, 2.75) is 20.8 Å². The van der Waals surface area contributed by atoms with Gasteiger partial charge in [0.25, 0.3) is 0 Å². The first-order chi connectivity index (χ1) is 6.46. The lowest BCUT2D eigenvalue weighted by Gasteiger charge is -2.17. The summed E-state index contributed by atoms with van der Waals surface area (Å²) >= 11 is 0. The van der Waals surface area contributed by atoms with E-state index in [1.54, 1.807) is 39.9 Å². The van der Waals surface area contributed by atoms with Crippen molar-refractivity contribution in [2.75, 3.05) is 27.3 Å². The third-order valence-electron chi connectivity index (χ3n) is 1.34. The Labute approximate surface area is 85.6 Å². The van der Waals surface area contributed by atoms with E-state index in [9.17, 15) is 4.57 Å². The zero-order valence-corrected chi connectivity index (χ0v) is 10.4. The van der Waals surface area contributed by atoms with Crippen molar-refractivity contribution >= 4 is 13.0 Å². The van der Waals surface area contributed by atoms with Crippen LogP contribution < -0.4 is 0 Å². The summed E-state index contributed by atoms with van der Waals surface area (Å²) in [5.74, 6) is 0. The van der Waals surface area contributed by atoms with Gasteiger partial charge in [-0.15, -0.1) is 0 Å². The van der Waals surface area contributed by atoms with Gasteiger partial charge in [0.05, 0.1) is 13.2 Å².